The molecule has 2 aliphatic heterocycles. The van der Waals surface area contributed by atoms with E-state index < -0.39 is 11.6 Å². The molecule has 0 spiro atoms. The van der Waals surface area contributed by atoms with Crippen LogP contribution in [0.15, 0.2) is 36.4 Å². The number of H-pyrrole nitrogens is 1. The first kappa shape index (κ1) is 17.6. The second-order valence-corrected chi connectivity index (χ2v) is 7.99. The van der Waals surface area contributed by atoms with E-state index >= 15 is 0 Å². The first-order valence-electron chi connectivity index (χ1n) is 9.80. The van der Waals surface area contributed by atoms with Gasteiger partial charge in [0, 0.05) is 38.0 Å². The molecule has 1 aromatic carbocycles. The summed E-state index contributed by atoms with van der Waals surface area (Å²) in [5.41, 5.74) is 2.89. The largest absolute Gasteiger partial charge is 0.468 e. The van der Waals surface area contributed by atoms with Gasteiger partial charge in [-0.15, -0.1) is 0 Å². The van der Waals surface area contributed by atoms with Crippen LogP contribution in [0, 0.1) is 0 Å². The number of rotatable bonds is 2. The van der Waals surface area contributed by atoms with Gasteiger partial charge in [0.05, 0.1) is 19.2 Å². The standard InChI is InChI=1S/C22H24N2O4.H2/c1-27-21(26)18-12-15-14-5-3-4-6-16(14)23-20(15)17-8-10-22(28-2)9-7-13(25)11-19(22)24(17)18;/h3-7,9,17-19,23H,8,10-12H2,1-2H3;1H/t17-,18+,19?,22-;/m0./s1. The molecule has 3 aliphatic rings. The summed E-state index contributed by atoms with van der Waals surface area (Å²) in [6.07, 6.45) is 6.10. The summed E-state index contributed by atoms with van der Waals surface area (Å²) in [4.78, 5) is 30.9. The summed E-state index contributed by atoms with van der Waals surface area (Å²) in [6.45, 7) is 0. The third-order valence-electron chi connectivity index (χ3n) is 6.83. The molecule has 0 saturated carbocycles. The van der Waals surface area contributed by atoms with Gasteiger partial charge in [0.1, 0.15) is 11.6 Å². The minimum absolute atomic E-state index is 0. The maximum Gasteiger partial charge on any atom is 0.323 e. The molecular weight excluding hydrogens is 356 g/mol. The van der Waals surface area contributed by atoms with Crippen molar-refractivity contribution in [3.63, 3.8) is 0 Å². The number of carbonyl (C=O) groups is 2. The smallest absolute Gasteiger partial charge is 0.323 e. The molecule has 1 aliphatic carbocycles. The highest BCUT2D eigenvalue weighted by atomic mass is 16.5. The number of hydrogen-bond acceptors (Lipinski definition) is 5. The van der Waals surface area contributed by atoms with Crippen LogP contribution in [0.5, 0.6) is 0 Å². The third kappa shape index (κ3) is 2.34. The first-order valence-corrected chi connectivity index (χ1v) is 9.80. The summed E-state index contributed by atoms with van der Waals surface area (Å²) in [5.74, 6) is -0.181. The molecule has 3 heterocycles. The zero-order valence-corrected chi connectivity index (χ0v) is 16.1. The highest BCUT2D eigenvalue weighted by Crippen LogP contribution is 2.50. The molecule has 1 saturated heterocycles. The Bertz CT molecular complexity index is 1000. The fourth-order valence-electron chi connectivity index (χ4n) is 5.51. The molecule has 1 N–H and O–H groups in total. The number of piperidine rings is 1. The van der Waals surface area contributed by atoms with E-state index in [9.17, 15) is 9.59 Å². The van der Waals surface area contributed by atoms with E-state index in [4.69, 9.17) is 9.47 Å². The van der Waals surface area contributed by atoms with Crippen LogP contribution in [0.4, 0.5) is 0 Å². The number of methoxy groups -OCH3 is 2. The van der Waals surface area contributed by atoms with Crippen molar-refractivity contribution in [1.82, 2.24) is 9.88 Å². The predicted molar refractivity (Wildman–Crippen MR) is 106 cm³/mol. The fourth-order valence-corrected chi connectivity index (χ4v) is 5.51. The molecule has 28 heavy (non-hydrogen) atoms. The van der Waals surface area contributed by atoms with E-state index in [1.54, 1.807) is 13.2 Å². The molecular formula is C22H26N2O4. The molecule has 0 amide bonds. The topological polar surface area (TPSA) is 71.6 Å². The number of nitrogens with zero attached hydrogens (tertiary/aromatic N) is 1. The van der Waals surface area contributed by atoms with E-state index in [1.165, 1.54) is 12.7 Å². The number of carbonyl (C=O) groups excluding carboxylic acids is 2. The number of aromatic nitrogens is 1. The number of nitrogens with one attached hydrogen (secondary N) is 1. The number of ketones is 1. The molecule has 6 heteroatoms. The predicted octanol–water partition coefficient (Wildman–Crippen LogP) is 2.93. The average molecular weight is 382 g/mol. The maximum atomic E-state index is 12.8. The van der Waals surface area contributed by atoms with Crippen molar-refractivity contribution in [2.75, 3.05) is 14.2 Å². The summed E-state index contributed by atoms with van der Waals surface area (Å²) < 4.78 is 11.1. The molecule has 2 aromatic rings. The number of para-hydroxylation sites is 1. The van der Waals surface area contributed by atoms with Crippen LogP contribution in [0.2, 0.25) is 0 Å². The first-order chi connectivity index (χ1) is 13.6. The van der Waals surface area contributed by atoms with E-state index in [-0.39, 0.29) is 25.3 Å². The van der Waals surface area contributed by atoms with Crippen LogP contribution in [-0.2, 0) is 25.5 Å². The summed E-state index contributed by atoms with van der Waals surface area (Å²) in [5, 5.41) is 1.16. The van der Waals surface area contributed by atoms with Gasteiger partial charge >= 0.3 is 5.97 Å². The lowest BCUT2D eigenvalue weighted by molar-refractivity contribution is -0.164. The van der Waals surface area contributed by atoms with Crippen LogP contribution in [0.3, 0.4) is 0 Å². The summed E-state index contributed by atoms with van der Waals surface area (Å²) in [6, 6.07) is 7.63. The van der Waals surface area contributed by atoms with Crippen LogP contribution >= 0.6 is 0 Å². The third-order valence-corrected chi connectivity index (χ3v) is 6.83. The van der Waals surface area contributed by atoms with Crippen molar-refractivity contribution >= 4 is 22.7 Å². The molecule has 1 aromatic heterocycles. The highest BCUT2D eigenvalue weighted by molar-refractivity contribution is 5.92. The van der Waals surface area contributed by atoms with E-state index in [2.05, 4.69) is 22.0 Å². The SMILES string of the molecule is COC(=O)[C@H]1Cc2c([nH]c3ccccc23)[C@@H]2CC[C@@]3(OC)C=CC(=O)CC3N12.[HH]. The Kier molecular flexibility index (Phi) is 3.96. The second kappa shape index (κ2) is 6.29. The molecule has 1 fully saturated rings. The molecule has 5 rings (SSSR count). The fraction of sp³-hybridized carbons (Fsp3) is 0.455. The number of esters is 1. The van der Waals surface area contributed by atoms with Gasteiger partial charge in [-0.1, -0.05) is 18.2 Å². The van der Waals surface area contributed by atoms with E-state index in [1.807, 2.05) is 18.2 Å². The van der Waals surface area contributed by atoms with Crippen molar-refractivity contribution in [1.29, 1.82) is 0 Å². The van der Waals surface area contributed by atoms with Crippen molar-refractivity contribution in [2.24, 2.45) is 0 Å². The van der Waals surface area contributed by atoms with E-state index in [0.717, 1.165) is 29.4 Å². The molecule has 6 nitrogen and oxygen atoms in total. The van der Waals surface area contributed by atoms with Gasteiger partial charge in [-0.05, 0) is 36.6 Å². The lowest BCUT2D eigenvalue weighted by Crippen LogP contribution is -2.65. The lowest BCUT2D eigenvalue weighted by atomic mass is 9.72. The van der Waals surface area contributed by atoms with Crippen molar-refractivity contribution in [3.05, 3.63) is 47.7 Å². The molecule has 0 bridgehead atoms. The van der Waals surface area contributed by atoms with Gasteiger partial charge in [-0.3, -0.25) is 14.5 Å². The van der Waals surface area contributed by atoms with Gasteiger partial charge in [0.2, 0.25) is 0 Å². The summed E-state index contributed by atoms with van der Waals surface area (Å²) in [7, 11) is 3.13. The van der Waals surface area contributed by atoms with Crippen LogP contribution < -0.4 is 0 Å². The monoisotopic (exact) mass is 382 g/mol. The second-order valence-electron chi connectivity index (χ2n) is 7.99. The van der Waals surface area contributed by atoms with Crippen molar-refractivity contribution in [3.8, 4) is 0 Å². The van der Waals surface area contributed by atoms with Gasteiger partial charge in [0.15, 0.2) is 5.78 Å². The number of fused-ring (bicyclic) bond motifs is 7. The average Bonchev–Trinajstić information content (AvgIpc) is 3.11. The number of hydrogen-bond donors (Lipinski definition) is 1. The molecule has 0 radical (unpaired) electrons. The quantitative estimate of drug-likeness (QED) is 0.809. The zero-order chi connectivity index (χ0) is 19.5. The molecule has 4 atom stereocenters. The van der Waals surface area contributed by atoms with Crippen molar-refractivity contribution < 1.29 is 20.5 Å². The lowest BCUT2D eigenvalue weighted by Gasteiger charge is -2.55. The Morgan fingerprint density at radius 1 is 1.29 bits per heavy atom. The van der Waals surface area contributed by atoms with Gasteiger partial charge < -0.3 is 14.5 Å². The Morgan fingerprint density at radius 2 is 2.11 bits per heavy atom. The molecule has 1 unspecified atom stereocenters. The van der Waals surface area contributed by atoms with Crippen molar-refractivity contribution in [2.45, 2.75) is 49.4 Å². The number of allylic oxidation sites excluding steroid dienone is 1. The zero-order valence-electron chi connectivity index (χ0n) is 16.1. The number of aromatic amines is 1. The Hall–Kier alpha value is -2.44. The minimum Gasteiger partial charge on any atom is -0.468 e. The van der Waals surface area contributed by atoms with E-state index in [0.29, 0.717) is 12.8 Å². The number of ether oxygens (including phenoxy) is 2. The Labute approximate surface area is 165 Å². The summed E-state index contributed by atoms with van der Waals surface area (Å²) >= 11 is 0. The van der Waals surface area contributed by atoms with Gasteiger partial charge in [-0.2, -0.15) is 0 Å². The van der Waals surface area contributed by atoms with Gasteiger partial charge in [-0.25, -0.2) is 0 Å². The number of benzene rings is 1. The Morgan fingerprint density at radius 3 is 2.89 bits per heavy atom. The van der Waals surface area contributed by atoms with Gasteiger partial charge in [0.25, 0.3) is 0 Å². The maximum absolute atomic E-state index is 12.8. The minimum atomic E-state index is -0.541. The Balaban J connectivity index is 0.00000205. The molecule has 148 valence electrons. The van der Waals surface area contributed by atoms with Crippen LogP contribution in [0.25, 0.3) is 10.9 Å². The highest BCUT2D eigenvalue weighted by Gasteiger charge is 2.55. The van der Waals surface area contributed by atoms with Crippen LogP contribution in [0.1, 0.15) is 38.0 Å². The normalized spacial score (nSPS) is 31.9. The van der Waals surface area contributed by atoms with Crippen LogP contribution in [-0.4, -0.2) is 53.5 Å².